The largest absolute Gasteiger partial charge is 0.573 e. The maximum atomic E-state index is 13.5. The first kappa shape index (κ1) is 25.4. The van der Waals surface area contributed by atoms with E-state index in [2.05, 4.69) is 15.0 Å². The van der Waals surface area contributed by atoms with Crippen LogP contribution >= 0.6 is 11.8 Å². The molecule has 3 aromatic carbocycles. The maximum absolute atomic E-state index is 13.5. The van der Waals surface area contributed by atoms with Gasteiger partial charge in [0, 0.05) is 5.69 Å². The number of carbonyl (C=O) groups is 1. The van der Waals surface area contributed by atoms with Gasteiger partial charge >= 0.3 is 21.5 Å². The van der Waals surface area contributed by atoms with Crippen LogP contribution in [0.3, 0.4) is 0 Å². The maximum Gasteiger partial charge on any atom is 0.573 e. The van der Waals surface area contributed by atoms with Crippen LogP contribution in [0.1, 0.15) is 0 Å². The third kappa shape index (κ3) is 5.74. The first-order chi connectivity index (χ1) is 17.1. The second-order valence-electron chi connectivity index (χ2n) is 7.30. The number of carbonyl (C=O) groups excluding carboxylic acids is 1. The van der Waals surface area contributed by atoms with Gasteiger partial charge in [-0.3, -0.25) is 4.79 Å². The number of ether oxygens (including phenoxy) is 2. The summed E-state index contributed by atoms with van der Waals surface area (Å²) in [4.78, 5) is 15.5. The van der Waals surface area contributed by atoms with Crippen LogP contribution in [0.2, 0.25) is 0 Å². The molecule has 0 saturated carbocycles. The van der Waals surface area contributed by atoms with Gasteiger partial charge in [0.2, 0.25) is 5.91 Å². The van der Waals surface area contributed by atoms with Crippen molar-refractivity contribution in [2.24, 2.45) is 0 Å². The Hall–Kier alpha value is -3.71. The van der Waals surface area contributed by atoms with Gasteiger partial charge in [-0.05, 0) is 72.4 Å². The molecule has 0 spiro atoms. The van der Waals surface area contributed by atoms with Crippen LogP contribution in [0.5, 0.6) is 11.5 Å². The minimum Gasteiger partial charge on any atom is -0.497 e. The average molecular weight is 539 g/mol. The molecule has 0 aliphatic rings. The third-order valence-electron chi connectivity index (χ3n) is 4.86. The lowest BCUT2D eigenvalue weighted by Crippen LogP contribution is -2.44. The van der Waals surface area contributed by atoms with Gasteiger partial charge in [0.15, 0.2) is 11.0 Å². The van der Waals surface area contributed by atoms with Crippen molar-refractivity contribution in [2.45, 2.75) is 16.4 Å². The molecule has 1 heterocycles. The number of alkyl halides is 3. The molecule has 1 aromatic heterocycles. The third-order valence-corrected chi connectivity index (χ3v) is 7.67. The number of methoxy groups -OCH3 is 1. The standard InChI is InChI=1S/C23H18F3N3O5S2/c1-33-16-10-12-18(13-11-16)36(31,32)29-20-5-3-2-4-19(20)28-22(29)35-14-21(30)27-15-6-8-17(9-7-15)34-23(24,25)26/h2-13H,14H2,1H3,(H,27,30)/p+1. The molecule has 4 aromatic rings. The highest BCUT2D eigenvalue weighted by Gasteiger charge is 2.32. The van der Waals surface area contributed by atoms with E-state index in [1.165, 1.54) is 43.5 Å². The van der Waals surface area contributed by atoms with Gasteiger partial charge in [-0.1, -0.05) is 12.1 Å². The topological polar surface area (TPSA) is 101 Å². The zero-order valence-corrected chi connectivity index (χ0v) is 20.2. The van der Waals surface area contributed by atoms with E-state index < -0.39 is 28.0 Å². The van der Waals surface area contributed by atoms with E-state index in [0.29, 0.717) is 16.8 Å². The molecule has 0 bridgehead atoms. The second kappa shape index (κ2) is 10.1. The number of para-hydroxylation sites is 2. The molecule has 188 valence electrons. The molecule has 0 unspecified atom stereocenters. The number of thioether (sulfide) groups is 1. The number of anilines is 1. The molecule has 0 atom stereocenters. The lowest BCUT2D eigenvalue weighted by Gasteiger charge is -2.09. The highest BCUT2D eigenvalue weighted by Crippen LogP contribution is 2.25. The molecule has 0 aliphatic heterocycles. The van der Waals surface area contributed by atoms with Crippen LogP contribution < -0.4 is 18.8 Å². The number of imidazole rings is 1. The van der Waals surface area contributed by atoms with Crippen LogP contribution in [0.15, 0.2) is 82.8 Å². The van der Waals surface area contributed by atoms with Gasteiger partial charge in [-0.2, -0.15) is 8.42 Å². The summed E-state index contributed by atoms with van der Waals surface area (Å²) in [6.45, 7) is 0. The first-order valence-electron chi connectivity index (χ1n) is 10.3. The SMILES string of the molecule is COc1ccc(S(=O)(=O)[n+]2c(SCC(=O)Nc3ccc(OC(F)(F)F)cc3)[nH]c3ccccc32)cc1. The number of halogens is 3. The minimum absolute atomic E-state index is 0.0329. The highest BCUT2D eigenvalue weighted by atomic mass is 32.2. The molecule has 13 heteroatoms. The number of amides is 1. The zero-order chi connectivity index (χ0) is 25.9. The number of aromatic nitrogens is 2. The molecular formula is C23H19F3N3O5S2+. The number of rotatable bonds is 8. The van der Waals surface area contributed by atoms with E-state index >= 15 is 0 Å². The Labute approximate surface area is 208 Å². The van der Waals surface area contributed by atoms with E-state index in [1.807, 2.05) is 0 Å². The van der Waals surface area contributed by atoms with Crippen molar-refractivity contribution in [3.05, 3.63) is 72.8 Å². The van der Waals surface area contributed by atoms with Crippen LogP contribution in [0.4, 0.5) is 18.9 Å². The average Bonchev–Trinajstić information content (AvgIpc) is 3.22. The molecule has 0 saturated heterocycles. The summed E-state index contributed by atoms with van der Waals surface area (Å²) >= 11 is 0.958. The van der Waals surface area contributed by atoms with Gasteiger partial charge in [0.25, 0.3) is 0 Å². The molecule has 4 rings (SSSR count). The summed E-state index contributed by atoms with van der Waals surface area (Å²) in [6.07, 6.45) is -4.82. The van der Waals surface area contributed by atoms with Crippen molar-refractivity contribution < 1.29 is 39.8 Å². The smallest absolute Gasteiger partial charge is 0.497 e. The fourth-order valence-corrected chi connectivity index (χ4v) is 5.85. The van der Waals surface area contributed by atoms with Crippen molar-refractivity contribution >= 4 is 44.4 Å². The number of nitrogens with one attached hydrogen (secondary N) is 2. The lowest BCUT2D eigenvalue weighted by atomic mass is 10.3. The normalized spacial score (nSPS) is 11.9. The molecule has 2 N–H and O–H groups in total. The first-order valence-corrected chi connectivity index (χ1v) is 12.7. The van der Waals surface area contributed by atoms with Crippen molar-refractivity contribution in [1.29, 1.82) is 0 Å². The molecule has 0 fully saturated rings. The molecule has 8 nitrogen and oxygen atoms in total. The quantitative estimate of drug-likeness (QED) is 0.256. The summed E-state index contributed by atoms with van der Waals surface area (Å²) in [5.74, 6) is -0.581. The Morgan fingerprint density at radius 1 is 1.00 bits per heavy atom. The predicted molar refractivity (Wildman–Crippen MR) is 127 cm³/mol. The van der Waals surface area contributed by atoms with Crippen molar-refractivity contribution in [3.8, 4) is 11.5 Å². The summed E-state index contributed by atoms with van der Waals surface area (Å²) < 4.78 is 73.9. The predicted octanol–water partition coefficient (Wildman–Crippen LogP) is 4.33. The summed E-state index contributed by atoms with van der Waals surface area (Å²) in [6, 6.07) is 17.4. The van der Waals surface area contributed by atoms with Gasteiger partial charge in [0.05, 0.1) is 12.9 Å². The van der Waals surface area contributed by atoms with Crippen molar-refractivity contribution in [2.75, 3.05) is 18.2 Å². The van der Waals surface area contributed by atoms with Crippen LogP contribution in [0.25, 0.3) is 11.0 Å². The number of fused-ring (bicyclic) bond motifs is 1. The summed E-state index contributed by atoms with van der Waals surface area (Å²) in [7, 11) is -2.56. The van der Waals surface area contributed by atoms with E-state index in [1.54, 1.807) is 24.3 Å². The Balaban J connectivity index is 1.54. The Bertz CT molecular complexity index is 1490. The van der Waals surface area contributed by atoms with E-state index in [4.69, 9.17) is 4.74 Å². The fraction of sp³-hybridized carbons (Fsp3) is 0.130. The number of nitrogens with zero attached hydrogens (tertiary/aromatic N) is 1. The highest BCUT2D eigenvalue weighted by molar-refractivity contribution is 8.00. The summed E-state index contributed by atoms with van der Waals surface area (Å²) in [5.41, 5.74) is 1.21. The van der Waals surface area contributed by atoms with Crippen LogP contribution in [-0.2, 0) is 14.8 Å². The second-order valence-corrected chi connectivity index (χ2v) is 10.1. The Kier molecular flexibility index (Phi) is 7.13. The Morgan fingerprint density at radius 2 is 1.64 bits per heavy atom. The van der Waals surface area contributed by atoms with Gasteiger partial charge < -0.3 is 14.8 Å². The molecule has 1 amide bonds. The van der Waals surface area contributed by atoms with Gasteiger partial charge in [-0.15, -0.1) is 17.1 Å². The molecule has 0 aliphatic carbocycles. The monoisotopic (exact) mass is 538 g/mol. The number of benzene rings is 3. The van der Waals surface area contributed by atoms with Gasteiger partial charge in [0.1, 0.15) is 16.4 Å². The minimum atomic E-state index is -4.82. The zero-order valence-electron chi connectivity index (χ0n) is 18.6. The molecule has 0 radical (unpaired) electrons. The fourth-order valence-electron chi connectivity index (χ4n) is 3.29. The molecule has 36 heavy (non-hydrogen) atoms. The number of H-pyrrole nitrogens is 1. The van der Waals surface area contributed by atoms with Gasteiger partial charge in [-0.25, -0.2) is 4.98 Å². The molecular weight excluding hydrogens is 519 g/mol. The van der Waals surface area contributed by atoms with Crippen molar-refractivity contribution in [3.63, 3.8) is 0 Å². The van der Waals surface area contributed by atoms with Crippen LogP contribution in [0, 0.1) is 0 Å². The Morgan fingerprint density at radius 3 is 2.28 bits per heavy atom. The van der Waals surface area contributed by atoms with E-state index in [0.717, 1.165) is 27.9 Å². The number of aromatic amines is 1. The summed E-state index contributed by atoms with van der Waals surface area (Å²) in [5, 5.41) is 2.76. The number of hydrogen-bond donors (Lipinski definition) is 2. The van der Waals surface area contributed by atoms with Crippen LogP contribution in [-0.4, -0.2) is 38.5 Å². The van der Waals surface area contributed by atoms with E-state index in [-0.39, 0.29) is 21.5 Å². The lowest BCUT2D eigenvalue weighted by molar-refractivity contribution is -0.526. The van der Waals surface area contributed by atoms with E-state index in [9.17, 15) is 26.4 Å². The number of hydrogen-bond acceptors (Lipinski definition) is 6. The van der Waals surface area contributed by atoms with Crippen molar-refractivity contribution in [1.82, 2.24) is 4.98 Å².